The molecule has 0 aliphatic rings. The van der Waals surface area contributed by atoms with Crippen LogP contribution >= 0.6 is 15.9 Å². The van der Waals surface area contributed by atoms with Gasteiger partial charge in [0.1, 0.15) is 28.5 Å². The number of rotatable bonds is 2. The van der Waals surface area contributed by atoms with E-state index in [4.69, 9.17) is 15.8 Å². The van der Waals surface area contributed by atoms with Crippen LogP contribution in [0.1, 0.15) is 0 Å². The van der Waals surface area contributed by atoms with Gasteiger partial charge in [-0.1, -0.05) is 0 Å². The Bertz CT molecular complexity index is 780. The van der Waals surface area contributed by atoms with Crippen molar-refractivity contribution >= 4 is 32.5 Å². The van der Waals surface area contributed by atoms with Crippen molar-refractivity contribution in [3.05, 3.63) is 34.1 Å². The van der Waals surface area contributed by atoms with E-state index in [1.54, 1.807) is 36.4 Å². The zero-order valence-corrected chi connectivity index (χ0v) is 11.0. The van der Waals surface area contributed by atoms with Gasteiger partial charge in [0.05, 0.1) is 5.52 Å². The highest BCUT2D eigenvalue weighted by molar-refractivity contribution is 9.10. The van der Waals surface area contributed by atoms with Crippen LogP contribution in [-0.2, 0) is 0 Å². The summed E-state index contributed by atoms with van der Waals surface area (Å²) in [4.78, 5) is 0. The fraction of sp³-hybridized carbons (Fsp3) is 0. The Labute approximate surface area is 116 Å². The molecule has 0 aliphatic heterocycles. The Morgan fingerprint density at radius 1 is 1.21 bits per heavy atom. The van der Waals surface area contributed by atoms with E-state index >= 15 is 0 Å². The largest absolute Gasteiger partial charge is 0.345 e. The number of halogens is 1. The third-order valence-electron chi connectivity index (χ3n) is 2.36. The molecule has 2 rings (SSSR count). The Morgan fingerprint density at radius 2 is 1.95 bits per heavy atom. The maximum absolute atomic E-state index is 8.95. The summed E-state index contributed by atoms with van der Waals surface area (Å²) in [5, 5.41) is 36.8. The standard InChI is InChI=1S/C12H5BrN6/c13-12-9-3-8(1-2-10(9)18-19-12)17-11(6-16)7(4-14)5-15/h1-3,17H,(H,18,19). The Balaban J connectivity index is 2.45. The molecule has 2 aromatic rings. The fourth-order valence-corrected chi connectivity index (χ4v) is 1.89. The van der Waals surface area contributed by atoms with Crippen LogP contribution in [0.4, 0.5) is 5.69 Å². The second kappa shape index (κ2) is 5.22. The first-order chi connectivity index (χ1) is 9.19. The quantitative estimate of drug-likeness (QED) is 0.827. The van der Waals surface area contributed by atoms with E-state index in [1.165, 1.54) is 0 Å². The van der Waals surface area contributed by atoms with Crippen LogP contribution in [0.5, 0.6) is 0 Å². The molecule has 90 valence electrons. The molecule has 1 aromatic heterocycles. The lowest BCUT2D eigenvalue weighted by Crippen LogP contribution is -2.00. The normalized spacial score (nSPS) is 9.16. The molecular formula is C12H5BrN6. The van der Waals surface area contributed by atoms with Crippen molar-refractivity contribution in [3.63, 3.8) is 0 Å². The Hall–Kier alpha value is -2.82. The second-order valence-corrected chi connectivity index (χ2v) is 4.27. The maximum Gasteiger partial charge on any atom is 0.163 e. The minimum atomic E-state index is -0.256. The molecule has 0 spiro atoms. The van der Waals surface area contributed by atoms with Crippen molar-refractivity contribution in [2.45, 2.75) is 0 Å². The van der Waals surface area contributed by atoms with Crippen molar-refractivity contribution in [2.75, 3.05) is 5.32 Å². The van der Waals surface area contributed by atoms with Gasteiger partial charge in [0.2, 0.25) is 0 Å². The predicted octanol–water partition coefficient (Wildman–Crippen LogP) is 2.56. The molecular weight excluding hydrogens is 308 g/mol. The predicted molar refractivity (Wildman–Crippen MR) is 71.3 cm³/mol. The molecule has 19 heavy (non-hydrogen) atoms. The number of nitriles is 3. The van der Waals surface area contributed by atoms with Crippen LogP contribution in [0, 0.1) is 34.0 Å². The third-order valence-corrected chi connectivity index (χ3v) is 2.97. The summed E-state index contributed by atoms with van der Waals surface area (Å²) in [6.07, 6.45) is 0. The molecule has 7 heteroatoms. The number of benzene rings is 1. The first-order valence-corrected chi connectivity index (χ1v) is 5.84. The van der Waals surface area contributed by atoms with Crippen LogP contribution < -0.4 is 5.32 Å². The highest BCUT2D eigenvalue weighted by atomic mass is 79.9. The van der Waals surface area contributed by atoms with Gasteiger partial charge in [-0.15, -0.1) is 0 Å². The molecule has 2 N–H and O–H groups in total. The van der Waals surface area contributed by atoms with Crippen molar-refractivity contribution in [1.29, 1.82) is 15.8 Å². The summed E-state index contributed by atoms with van der Waals surface area (Å²) in [7, 11) is 0. The number of allylic oxidation sites excluding steroid dienone is 2. The van der Waals surface area contributed by atoms with Crippen molar-refractivity contribution < 1.29 is 0 Å². The van der Waals surface area contributed by atoms with Gasteiger partial charge in [-0.25, -0.2) is 0 Å². The Morgan fingerprint density at radius 3 is 2.58 bits per heavy atom. The van der Waals surface area contributed by atoms with E-state index in [0.29, 0.717) is 5.69 Å². The van der Waals surface area contributed by atoms with Crippen LogP contribution in [0.3, 0.4) is 0 Å². The minimum absolute atomic E-state index is 0.0797. The fourth-order valence-electron chi connectivity index (χ4n) is 1.48. The molecule has 0 fully saturated rings. The average molecular weight is 313 g/mol. The van der Waals surface area contributed by atoms with Crippen molar-refractivity contribution in [3.8, 4) is 18.2 Å². The molecule has 0 saturated carbocycles. The van der Waals surface area contributed by atoms with Crippen LogP contribution in [0.2, 0.25) is 0 Å². The van der Waals surface area contributed by atoms with Gasteiger partial charge in [-0.05, 0) is 34.1 Å². The SMILES string of the molecule is N#CC(C#N)=C(C#N)Nc1ccc2n[nH]c(Br)c2c1. The maximum atomic E-state index is 8.95. The number of fused-ring (bicyclic) bond motifs is 1. The molecule has 6 nitrogen and oxygen atoms in total. The highest BCUT2D eigenvalue weighted by Crippen LogP contribution is 2.25. The lowest BCUT2D eigenvalue weighted by atomic mass is 10.2. The molecule has 0 atom stereocenters. The van der Waals surface area contributed by atoms with E-state index in [0.717, 1.165) is 15.5 Å². The smallest absolute Gasteiger partial charge is 0.163 e. The van der Waals surface area contributed by atoms with E-state index in [-0.39, 0.29) is 11.3 Å². The van der Waals surface area contributed by atoms with Gasteiger partial charge >= 0.3 is 0 Å². The first-order valence-electron chi connectivity index (χ1n) is 5.05. The van der Waals surface area contributed by atoms with E-state index in [9.17, 15) is 0 Å². The summed E-state index contributed by atoms with van der Waals surface area (Å²) in [5.74, 6) is 0. The number of anilines is 1. The number of hydrogen-bond acceptors (Lipinski definition) is 5. The summed E-state index contributed by atoms with van der Waals surface area (Å²) in [6.45, 7) is 0. The molecule has 0 radical (unpaired) electrons. The van der Waals surface area contributed by atoms with E-state index in [1.807, 2.05) is 0 Å². The highest BCUT2D eigenvalue weighted by Gasteiger charge is 2.08. The number of nitrogens with one attached hydrogen (secondary N) is 2. The number of hydrogen-bond donors (Lipinski definition) is 2. The van der Waals surface area contributed by atoms with Crippen molar-refractivity contribution in [1.82, 2.24) is 10.2 Å². The van der Waals surface area contributed by atoms with E-state index < -0.39 is 0 Å². The van der Waals surface area contributed by atoms with Gasteiger partial charge in [-0.2, -0.15) is 20.9 Å². The zero-order valence-electron chi connectivity index (χ0n) is 9.40. The molecule has 0 amide bonds. The van der Waals surface area contributed by atoms with E-state index in [2.05, 4.69) is 31.4 Å². The van der Waals surface area contributed by atoms with Gasteiger partial charge in [-0.3, -0.25) is 5.10 Å². The van der Waals surface area contributed by atoms with Crippen LogP contribution in [0.25, 0.3) is 10.9 Å². The second-order valence-electron chi connectivity index (χ2n) is 3.48. The van der Waals surface area contributed by atoms with Gasteiger partial charge in [0.25, 0.3) is 0 Å². The summed E-state index contributed by atoms with van der Waals surface area (Å²) < 4.78 is 0.717. The number of aromatic nitrogens is 2. The summed E-state index contributed by atoms with van der Waals surface area (Å²) in [6, 6.07) is 10.4. The van der Waals surface area contributed by atoms with Gasteiger partial charge in [0.15, 0.2) is 5.57 Å². The van der Waals surface area contributed by atoms with Gasteiger partial charge in [0, 0.05) is 11.1 Å². The van der Waals surface area contributed by atoms with Crippen LogP contribution in [-0.4, -0.2) is 10.2 Å². The zero-order chi connectivity index (χ0) is 13.8. The number of H-pyrrole nitrogens is 1. The first kappa shape index (κ1) is 12.6. The number of nitrogens with zero attached hydrogens (tertiary/aromatic N) is 4. The third kappa shape index (κ3) is 2.40. The topological polar surface area (TPSA) is 112 Å². The molecule has 1 aromatic carbocycles. The molecule has 0 aliphatic carbocycles. The monoisotopic (exact) mass is 312 g/mol. The lowest BCUT2D eigenvalue weighted by molar-refractivity contribution is 1.10. The van der Waals surface area contributed by atoms with Gasteiger partial charge < -0.3 is 5.32 Å². The van der Waals surface area contributed by atoms with Crippen LogP contribution in [0.15, 0.2) is 34.1 Å². The lowest BCUT2D eigenvalue weighted by Gasteiger charge is -2.04. The molecule has 1 heterocycles. The minimum Gasteiger partial charge on any atom is -0.345 e. The molecule has 0 saturated heterocycles. The molecule has 0 bridgehead atoms. The Kier molecular flexibility index (Phi) is 3.47. The average Bonchev–Trinajstić information content (AvgIpc) is 2.80. The van der Waals surface area contributed by atoms with Crippen molar-refractivity contribution in [2.24, 2.45) is 0 Å². The molecule has 0 unspecified atom stereocenters. The number of aromatic amines is 1. The summed E-state index contributed by atoms with van der Waals surface area (Å²) in [5.41, 5.74) is 1.02. The summed E-state index contributed by atoms with van der Waals surface area (Å²) >= 11 is 3.31.